The Morgan fingerprint density at radius 3 is 2.15 bits per heavy atom. The molecule has 1 atom stereocenters. The largest absolute Gasteiger partial charge is 0.335 e. The van der Waals surface area contributed by atoms with E-state index in [2.05, 4.69) is 170 Å². The summed E-state index contributed by atoms with van der Waals surface area (Å²) < 4.78 is 2.39. The first kappa shape index (κ1) is 28.8. The van der Waals surface area contributed by atoms with Gasteiger partial charge in [-0.1, -0.05) is 96.6 Å². The number of hydrogen-bond donors (Lipinski definition) is 0. The lowest BCUT2D eigenvalue weighted by atomic mass is 10.00. The number of benzene rings is 5. The van der Waals surface area contributed by atoms with Gasteiger partial charge in [0.1, 0.15) is 0 Å². The summed E-state index contributed by atoms with van der Waals surface area (Å²) in [6.45, 7) is 6.62. The fourth-order valence-electron chi connectivity index (χ4n) is 7.17. The molecular formula is C44H37N3. The van der Waals surface area contributed by atoms with Crippen LogP contribution in [0.25, 0.3) is 49.7 Å². The van der Waals surface area contributed by atoms with Crippen molar-refractivity contribution in [3.05, 3.63) is 169 Å². The van der Waals surface area contributed by atoms with Crippen molar-refractivity contribution in [2.75, 3.05) is 4.90 Å². The van der Waals surface area contributed by atoms with Gasteiger partial charge in [0.05, 0.1) is 11.0 Å². The second-order valence-electron chi connectivity index (χ2n) is 12.7. The van der Waals surface area contributed by atoms with Crippen molar-refractivity contribution in [1.29, 1.82) is 0 Å². The molecule has 0 amide bonds. The molecule has 3 nitrogen and oxygen atoms in total. The Labute approximate surface area is 276 Å². The van der Waals surface area contributed by atoms with E-state index in [1.165, 1.54) is 49.9 Å². The Bertz CT molecular complexity index is 2340. The van der Waals surface area contributed by atoms with Crippen molar-refractivity contribution in [2.24, 2.45) is 0 Å². The van der Waals surface area contributed by atoms with Gasteiger partial charge in [0.15, 0.2) is 0 Å². The second kappa shape index (κ2) is 11.9. The van der Waals surface area contributed by atoms with E-state index < -0.39 is 0 Å². The zero-order valence-electron chi connectivity index (χ0n) is 27.1. The van der Waals surface area contributed by atoms with Crippen LogP contribution in [0.4, 0.5) is 11.4 Å². The molecule has 0 saturated carbocycles. The monoisotopic (exact) mass is 607 g/mol. The molecular weight excluding hydrogens is 571 g/mol. The van der Waals surface area contributed by atoms with Crippen molar-refractivity contribution in [2.45, 2.75) is 33.2 Å². The highest BCUT2D eigenvalue weighted by Gasteiger charge is 2.20. The molecule has 0 fully saturated rings. The standard InChI is InChI=1S/C44H37N3/c1-30-11-8-13-33-12-4-6-19-42(33)46(32(3)23-30)38-16-9-14-34(26-38)36-25-37(29-45-28-36)35-15-10-17-39(27-35)47-43-20-7-5-18-40(43)41-22-21-31(2)24-44(41)47/h4-12,14-29,32H,13H2,1-3H3/b11-8-,30-23-. The van der Waals surface area contributed by atoms with E-state index in [4.69, 9.17) is 4.98 Å². The summed E-state index contributed by atoms with van der Waals surface area (Å²) in [7, 11) is 0. The Kier molecular flexibility index (Phi) is 7.30. The lowest BCUT2D eigenvalue weighted by Crippen LogP contribution is -2.27. The average molecular weight is 608 g/mol. The minimum Gasteiger partial charge on any atom is -0.335 e. The molecule has 47 heavy (non-hydrogen) atoms. The molecule has 3 heterocycles. The molecule has 1 unspecified atom stereocenters. The van der Waals surface area contributed by atoms with Crippen LogP contribution < -0.4 is 4.90 Å². The van der Waals surface area contributed by atoms with Crippen molar-refractivity contribution in [3.8, 4) is 27.9 Å². The van der Waals surface area contributed by atoms with E-state index in [1.54, 1.807) is 0 Å². The Morgan fingerprint density at radius 1 is 0.617 bits per heavy atom. The molecule has 0 radical (unpaired) electrons. The number of fused-ring (bicyclic) bond motifs is 4. The first-order valence-electron chi connectivity index (χ1n) is 16.4. The number of allylic oxidation sites excluding steroid dienone is 3. The Balaban J connectivity index is 1.19. The van der Waals surface area contributed by atoms with Gasteiger partial charge in [-0.05, 0) is 98.0 Å². The predicted octanol–water partition coefficient (Wildman–Crippen LogP) is 11.4. The topological polar surface area (TPSA) is 21.1 Å². The number of para-hydroxylation sites is 2. The Morgan fingerprint density at radius 2 is 1.32 bits per heavy atom. The maximum atomic E-state index is 4.75. The zero-order chi connectivity index (χ0) is 31.9. The molecule has 2 aromatic heterocycles. The SMILES string of the molecule is CC1=C/C(C)N(c2cccc(-c3cncc(-c4cccc(-n5c6ccccc6c6ccc(C)cc65)c4)c3)c2)c2ccccc2C/C=C\1. The van der Waals surface area contributed by atoms with Crippen LogP contribution in [0, 0.1) is 6.92 Å². The molecule has 0 spiro atoms. The predicted molar refractivity (Wildman–Crippen MR) is 199 cm³/mol. The highest BCUT2D eigenvalue weighted by molar-refractivity contribution is 6.09. The van der Waals surface area contributed by atoms with E-state index in [-0.39, 0.29) is 6.04 Å². The fraction of sp³-hybridized carbons (Fsp3) is 0.114. The summed E-state index contributed by atoms with van der Waals surface area (Å²) in [5.41, 5.74) is 14.3. The highest BCUT2D eigenvalue weighted by Crippen LogP contribution is 2.37. The number of anilines is 2. The maximum Gasteiger partial charge on any atom is 0.0543 e. The summed E-state index contributed by atoms with van der Waals surface area (Å²) in [5, 5.41) is 2.54. The molecule has 0 aliphatic carbocycles. The second-order valence-corrected chi connectivity index (χ2v) is 12.7. The van der Waals surface area contributed by atoms with Gasteiger partial charge in [-0.25, -0.2) is 0 Å². The minimum absolute atomic E-state index is 0.186. The number of pyridine rings is 1. The molecule has 3 heteroatoms. The van der Waals surface area contributed by atoms with Gasteiger partial charge in [-0.2, -0.15) is 0 Å². The number of aryl methyl sites for hydroxylation is 1. The van der Waals surface area contributed by atoms with Crippen molar-refractivity contribution in [3.63, 3.8) is 0 Å². The minimum atomic E-state index is 0.186. The van der Waals surface area contributed by atoms with Crippen LogP contribution in [-0.4, -0.2) is 15.6 Å². The third kappa shape index (κ3) is 5.34. The number of hydrogen-bond acceptors (Lipinski definition) is 2. The first-order chi connectivity index (χ1) is 23.0. The van der Waals surface area contributed by atoms with Gasteiger partial charge < -0.3 is 9.47 Å². The van der Waals surface area contributed by atoms with Gasteiger partial charge in [0.25, 0.3) is 0 Å². The van der Waals surface area contributed by atoms with Gasteiger partial charge >= 0.3 is 0 Å². The molecule has 0 bridgehead atoms. The van der Waals surface area contributed by atoms with E-state index in [9.17, 15) is 0 Å². The summed E-state index contributed by atoms with van der Waals surface area (Å²) in [6, 6.07) is 44.4. The third-order valence-corrected chi connectivity index (χ3v) is 9.34. The zero-order valence-corrected chi connectivity index (χ0v) is 27.1. The summed E-state index contributed by atoms with van der Waals surface area (Å²) >= 11 is 0. The van der Waals surface area contributed by atoms with Gasteiger partial charge in [-0.3, -0.25) is 4.98 Å². The van der Waals surface area contributed by atoms with Crippen molar-refractivity contribution >= 4 is 33.2 Å². The molecule has 5 aromatic carbocycles. The van der Waals surface area contributed by atoms with Crippen LogP contribution >= 0.6 is 0 Å². The lowest BCUT2D eigenvalue weighted by molar-refractivity contribution is 0.855. The normalized spacial score (nSPS) is 16.6. The molecule has 1 aliphatic rings. The van der Waals surface area contributed by atoms with E-state index in [0.717, 1.165) is 34.4 Å². The van der Waals surface area contributed by atoms with E-state index in [0.29, 0.717) is 0 Å². The van der Waals surface area contributed by atoms with Crippen LogP contribution in [0.2, 0.25) is 0 Å². The summed E-state index contributed by atoms with van der Waals surface area (Å²) in [5.74, 6) is 0. The van der Waals surface area contributed by atoms with Crippen LogP contribution in [0.5, 0.6) is 0 Å². The van der Waals surface area contributed by atoms with Crippen LogP contribution in [0.15, 0.2) is 158 Å². The van der Waals surface area contributed by atoms with Crippen molar-refractivity contribution < 1.29 is 0 Å². The van der Waals surface area contributed by atoms with Crippen molar-refractivity contribution in [1.82, 2.24) is 9.55 Å². The lowest BCUT2D eigenvalue weighted by Gasteiger charge is -2.32. The summed E-state index contributed by atoms with van der Waals surface area (Å²) in [4.78, 5) is 7.21. The molecule has 7 aromatic rings. The van der Waals surface area contributed by atoms with Crippen LogP contribution in [-0.2, 0) is 6.42 Å². The van der Waals surface area contributed by atoms with Gasteiger partial charge in [0, 0.05) is 57.4 Å². The fourth-order valence-corrected chi connectivity index (χ4v) is 7.17. The van der Waals surface area contributed by atoms with Gasteiger partial charge in [0.2, 0.25) is 0 Å². The van der Waals surface area contributed by atoms with Gasteiger partial charge in [-0.15, -0.1) is 0 Å². The smallest absolute Gasteiger partial charge is 0.0543 e. The number of rotatable bonds is 4. The molecule has 0 N–H and O–H groups in total. The summed E-state index contributed by atoms with van der Waals surface area (Å²) in [6.07, 6.45) is 11.7. The average Bonchev–Trinajstić information content (AvgIpc) is 3.44. The molecule has 0 saturated heterocycles. The van der Waals surface area contributed by atoms with E-state index >= 15 is 0 Å². The number of aromatic nitrogens is 2. The molecule has 8 rings (SSSR count). The maximum absolute atomic E-state index is 4.75. The molecule has 1 aliphatic heterocycles. The van der Waals surface area contributed by atoms with Crippen LogP contribution in [0.3, 0.4) is 0 Å². The quantitative estimate of drug-likeness (QED) is 0.198. The molecule has 228 valence electrons. The first-order valence-corrected chi connectivity index (χ1v) is 16.4. The number of nitrogens with zero attached hydrogens (tertiary/aromatic N) is 3. The van der Waals surface area contributed by atoms with Crippen LogP contribution in [0.1, 0.15) is 25.0 Å². The third-order valence-electron chi connectivity index (χ3n) is 9.34. The Hall–Kier alpha value is -5.67. The van der Waals surface area contributed by atoms with E-state index in [1.807, 2.05) is 12.4 Å². The highest BCUT2D eigenvalue weighted by atomic mass is 15.2.